The van der Waals surface area contributed by atoms with Crippen LogP contribution in [-0.2, 0) is 24.3 Å². The van der Waals surface area contributed by atoms with Gasteiger partial charge in [-0.2, -0.15) is 5.26 Å². The molecule has 34 heavy (non-hydrogen) atoms. The maximum absolute atomic E-state index is 14.1. The highest BCUT2D eigenvalue weighted by atomic mass is 19.1. The van der Waals surface area contributed by atoms with E-state index in [-0.39, 0.29) is 6.61 Å². The van der Waals surface area contributed by atoms with Crippen molar-refractivity contribution in [2.45, 2.75) is 51.4 Å². The fourth-order valence-corrected chi connectivity index (χ4v) is 4.47. The predicted molar refractivity (Wildman–Crippen MR) is 125 cm³/mol. The summed E-state index contributed by atoms with van der Waals surface area (Å²) in [6, 6.07) is 12.0. The van der Waals surface area contributed by atoms with E-state index in [0.29, 0.717) is 29.0 Å². The number of allylic oxidation sites excluding steroid dienone is 2. The van der Waals surface area contributed by atoms with Crippen LogP contribution in [0, 0.1) is 23.1 Å². The molecule has 0 radical (unpaired) electrons. The molecular formula is C27H27FN4O2. The second-order valence-corrected chi connectivity index (χ2v) is 8.92. The topological polar surface area (TPSA) is 73.0 Å². The lowest BCUT2D eigenvalue weighted by molar-refractivity contribution is -0.0596. The SMILES string of the molecule is N#Cc1ccc(COc2cccc(C3=CCC(Cc4nccn4C[C@@H]4CCO4)CC3)n2)c(F)c1. The Labute approximate surface area is 198 Å². The zero-order chi connectivity index (χ0) is 23.3. The van der Waals surface area contributed by atoms with Gasteiger partial charge in [-0.1, -0.05) is 18.2 Å². The fourth-order valence-electron chi connectivity index (χ4n) is 4.47. The van der Waals surface area contributed by atoms with Crippen LogP contribution < -0.4 is 4.74 Å². The van der Waals surface area contributed by atoms with Gasteiger partial charge in [0, 0.05) is 37.1 Å². The fraction of sp³-hybridized carbons (Fsp3) is 0.370. The molecule has 6 nitrogen and oxygen atoms in total. The Morgan fingerprint density at radius 3 is 2.88 bits per heavy atom. The van der Waals surface area contributed by atoms with E-state index in [4.69, 9.17) is 14.7 Å². The van der Waals surface area contributed by atoms with Crippen molar-refractivity contribution in [1.29, 1.82) is 5.26 Å². The van der Waals surface area contributed by atoms with Crippen LogP contribution in [0.15, 0.2) is 54.9 Å². The summed E-state index contributed by atoms with van der Waals surface area (Å²) in [7, 11) is 0. The highest BCUT2D eigenvalue weighted by molar-refractivity contribution is 5.63. The average Bonchev–Trinajstić information content (AvgIpc) is 3.28. The summed E-state index contributed by atoms with van der Waals surface area (Å²) in [4.78, 5) is 9.23. The van der Waals surface area contributed by atoms with Crippen molar-refractivity contribution in [1.82, 2.24) is 14.5 Å². The van der Waals surface area contributed by atoms with Crippen LogP contribution >= 0.6 is 0 Å². The summed E-state index contributed by atoms with van der Waals surface area (Å²) in [5, 5.41) is 8.88. The number of halogens is 1. The summed E-state index contributed by atoms with van der Waals surface area (Å²) < 4.78 is 27.7. The van der Waals surface area contributed by atoms with E-state index in [1.807, 2.05) is 24.4 Å². The summed E-state index contributed by atoms with van der Waals surface area (Å²) in [5.41, 5.74) is 2.81. The molecule has 3 heterocycles. The van der Waals surface area contributed by atoms with Crippen LogP contribution in [0.4, 0.5) is 4.39 Å². The largest absolute Gasteiger partial charge is 0.473 e. The lowest BCUT2D eigenvalue weighted by Gasteiger charge is -2.28. The van der Waals surface area contributed by atoms with Crippen molar-refractivity contribution in [3.8, 4) is 11.9 Å². The van der Waals surface area contributed by atoms with Gasteiger partial charge in [-0.25, -0.2) is 14.4 Å². The van der Waals surface area contributed by atoms with Crippen LogP contribution in [0.2, 0.25) is 0 Å². The number of rotatable bonds is 8. The van der Waals surface area contributed by atoms with Crippen LogP contribution in [0.5, 0.6) is 5.88 Å². The number of aromatic nitrogens is 3. The monoisotopic (exact) mass is 458 g/mol. The number of hydrogen-bond donors (Lipinski definition) is 0. The molecule has 7 heteroatoms. The Hall–Kier alpha value is -3.50. The summed E-state index contributed by atoms with van der Waals surface area (Å²) in [5.74, 6) is 1.72. The van der Waals surface area contributed by atoms with Gasteiger partial charge in [0.2, 0.25) is 5.88 Å². The molecule has 1 aliphatic carbocycles. The number of imidazole rings is 1. The molecule has 0 spiro atoms. The molecule has 1 unspecified atom stereocenters. The van der Waals surface area contributed by atoms with Gasteiger partial charge in [0.15, 0.2) is 0 Å². The third-order valence-corrected chi connectivity index (χ3v) is 6.60. The molecule has 2 aromatic heterocycles. The third kappa shape index (κ3) is 5.18. The molecule has 0 bridgehead atoms. The van der Waals surface area contributed by atoms with Crippen LogP contribution in [-0.4, -0.2) is 27.2 Å². The number of nitriles is 1. The number of pyridine rings is 1. The first-order chi connectivity index (χ1) is 16.7. The quantitative estimate of drug-likeness (QED) is 0.471. The number of nitrogens with zero attached hydrogens (tertiary/aromatic N) is 4. The van der Waals surface area contributed by atoms with Crippen LogP contribution in [0.1, 0.15) is 48.3 Å². The van der Waals surface area contributed by atoms with Gasteiger partial charge in [-0.15, -0.1) is 0 Å². The van der Waals surface area contributed by atoms with Crippen molar-refractivity contribution in [2.75, 3.05) is 6.61 Å². The Morgan fingerprint density at radius 1 is 1.24 bits per heavy atom. The number of hydrogen-bond acceptors (Lipinski definition) is 5. The minimum atomic E-state index is -0.447. The Bertz CT molecular complexity index is 1230. The normalized spacial score (nSPS) is 19.7. The highest BCUT2D eigenvalue weighted by Gasteiger charge is 2.22. The van der Waals surface area contributed by atoms with Gasteiger partial charge in [0.05, 0.1) is 30.0 Å². The smallest absolute Gasteiger partial charge is 0.214 e. The van der Waals surface area contributed by atoms with Gasteiger partial charge >= 0.3 is 0 Å². The van der Waals surface area contributed by atoms with Crippen molar-refractivity contribution in [3.05, 3.63) is 83.3 Å². The number of benzene rings is 1. The molecule has 2 aliphatic rings. The minimum absolute atomic E-state index is 0.0632. The van der Waals surface area contributed by atoms with Crippen molar-refractivity contribution in [3.63, 3.8) is 0 Å². The van der Waals surface area contributed by atoms with E-state index in [2.05, 4.69) is 26.8 Å². The van der Waals surface area contributed by atoms with E-state index in [0.717, 1.165) is 56.8 Å². The average molecular weight is 459 g/mol. The zero-order valence-corrected chi connectivity index (χ0v) is 19.0. The Balaban J connectivity index is 1.18. The van der Waals surface area contributed by atoms with Gasteiger partial charge < -0.3 is 14.0 Å². The first-order valence-corrected chi connectivity index (χ1v) is 11.8. The molecule has 5 rings (SSSR count). The van der Waals surface area contributed by atoms with Crippen LogP contribution in [0.25, 0.3) is 5.57 Å². The second kappa shape index (κ2) is 10.2. The minimum Gasteiger partial charge on any atom is -0.473 e. The van der Waals surface area contributed by atoms with E-state index >= 15 is 0 Å². The van der Waals surface area contributed by atoms with Crippen molar-refractivity contribution in [2.24, 2.45) is 5.92 Å². The number of ether oxygens (including phenoxy) is 2. The highest BCUT2D eigenvalue weighted by Crippen LogP contribution is 2.32. The van der Waals surface area contributed by atoms with Crippen molar-refractivity contribution < 1.29 is 13.9 Å². The van der Waals surface area contributed by atoms with Gasteiger partial charge in [-0.3, -0.25) is 0 Å². The molecule has 1 fully saturated rings. The molecule has 2 atom stereocenters. The maximum atomic E-state index is 14.1. The van der Waals surface area contributed by atoms with Gasteiger partial charge in [-0.05, 0) is 55.4 Å². The van der Waals surface area contributed by atoms with Gasteiger partial charge in [0.1, 0.15) is 18.2 Å². The van der Waals surface area contributed by atoms with E-state index in [1.54, 1.807) is 18.2 Å². The molecule has 0 N–H and O–H groups in total. The Kier molecular flexibility index (Phi) is 6.68. The van der Waals surface area contributed by atoms with Gasteiger partial charge in [0.25, 0.3) is 0 Å². The molecule has 1 saturated heterocycles. The molecule has 1 aliphatic heterocycles. The lowest BCUT2D eigenvalue weighted by atomic mass is 9.86. The first-order valence-electron chi connectivity index (χ1n) is 11.8. The summed E-state index contributed by atoms with van der Waals surface area (Å²) in [6.45, 7) is 1.83. The molecule has 0 amide bonds. The molecule has 1 aromatic carbocycles. The standard InChI is InChI=1S/C27H27FN4O2/c28-24-14-20(16-29)6-9-22(24)18-34-27-3-1-2-25(31-27)21-7-4-19(5-8-21)15-26-30-11-12-32(26)17-23-10-13-33-23/h1-3,6-7,9,11-12,14,19,23H,4-5,8,10,13,15,17-18H2/t19?,23-/m0/s1. The second-order valence-electron chi connectivity index (χ2n) is 8.92. The first kappa shape index (κ1) is 22.3. The van der Waals surface area contributed by atoms with E-state index < -0.39 is 5.82 Å². The zero-order valence-electron chi connectivity index (χ0n) is 19.0. The lowest BCUT2D eigenvalue weighted by Crippen LogP contribution is -2.31. The molecule has 3 aromatic rings. The summed E-state index contributed by atoms with van der Waals surface area (Å²) >= 11 is 0. The third-order valence-electron chi connectivity index (χ3n) is 6.60. The predicted octanol–water partition coefficient (Wildman–Crippen LogP) is 5.08. The van der Waals surface area contributed by atoms with E-state index in [9.17, 15) is 4.39 Å². The molecular weight excluding hydrogens is 431 g/mol. The molecule has 0 saturated carbocycles. The maximum Gasteiger partial charge on any atom is 0.214 e. The van der Waals surface area contributed by atoms with Crippen molar-refractivity contribution >= 4 is 5.57 Å². The van der Waals surface area contributed by atoms with Crippen LogP contribution in [0.3, 0.4) is 0 Å². The summed E-state index contributed by atoms with van der Waals surface area (Å²) in [6.07, 6.45) is 11.7. The van der Waals surface area contributed by atoms with E-state index in [1.165, 1.54) is 11.6 Å². The molecule has 174 valence electrons. The Morgan fingerprint density at radius 2 is 2.15 bits per heavy atom.